The van der Waals surface area contributed by atoms with Gasteiger partial charge in [-0.25, -0.2) is 23.7 Å². The summed E-state index contributed by atoms with van der Waals surface area (Å²) in [6.07, 6.45) is 3.90. The molecule has 3 heterocycles. The molecule has 0 bridgehead atoms. The SMILES string of the molecule is CC.COc1c(Nc2nccc(-c3sc(C(C)C)nc3-c3cccc(NSc4c(F)cccc4F)c3)n2)ccc(N2CCN(CCSC)CC2)c1C. The highest BCUT2D eigenvalue weighted by Crippen LogP contribution is 2.41. The minimum atomic E-state index is -0.616. The van der Waals surface area contributed by atoms with Crippen molar-refractivity contribution in [2.24, 2.45) is 0 Å². The second-order valence-electron chi connectivity index (χ2n) is 12.2. The molecular weight excluding hydrogens is 717 g/mol. The first-order valence-electron chi connectivity index (χ1n) is 17.5. The number of aromatic nitrogens is 3. The van der Waals surface area contributed by atoms with E-state index in [1.54, 1.807) is 24.6 Å². The summed E-state index contributed by atoms with van der Waals surface area (Å²) in [5, 5.41) is 4.38. The quantitative estimate of drug-likeness (QED) is 0.113. The molecule has 2 aromatic heterocycles. The Morgan fingerprint density at radius 3 is 2.38 bits per heavy atom. The van der Waals surface area contributed by atoms with Gasteiger partial charge in [0.1, 0.15) is 17.4 Å². The van der Waals surface area contributed by atoms with E-state index in [0.717, 1.165) is 94.3 Å². The van der Waals surface area contributed by atoms with Crippen molar-refractivity contribution < 1.29 is 13.5 Å². The van der Waals surface area contributed by atoms with E-state index in [1.165, 1.54) is 23.9 Å². The van der Waals surface area contributed by atoms with Crippen LogP contribution in [0.3, 0.4) is 0 Å². The van der Waals surface area contributed by atoms with Gasteiger partial charge in [0, 0.05) is 73.1 Å². The van der Waals surface area contributed by atoms with Crippen LogP contribution in [-0.2, 0) is 0 Å². The Hall–Kier alpha value is -3.91. The van der Waals surface area contributed by atoms with E-state index in [9.17, 15) is 8.78 Å². The highest BCUT2D eigenvalue weighted by atomic mass is 32.2. The normalized spacial score (nSPS) is 13.2. The maximum atomic E-state index is 14.2. The number of thiazole rings is 1. The van der Waals surface area contributed by atoms with E-state index in [4.69, 9.17) is 14.7 Å². The molecule has 3 aromatic carbocycles. The summed E-state index contributed by atoms with van der Waals surface area (Å²) in [5.41, 5.74) is 6.09. The lowest BCUT2D eigenvalue weighted by Crippen LogP contribution is -2.47. The number of benzene rings is 3. The number of methoxy groups -OCH3 is 1. The molecule has 0 spiro atoms. The van der Waals surface area contributed by atoms with Gasteiger partial charge in [-0.05, 0) is 67.6 Å². The number of nitrogens with zero attached hydrogens (tertiary/aromatic N) is 5. The van der Waals surface area contributed by atoms with Crippen LogP contribution in [0.4, 0.5) is 31.8 Å². The van der Waals surface area contributed by atoms with Gasteiger partial charge in [0.05, 0.1) is 39.0 Å². The zero-order chi connectivity index (χ0) is 37.2. The third-order valence-corrected chi connectivity index (χ3v) is 11.4. The topological polar surface area (TPSA) is 78.4 Å². The summed E-state index contributed by atoms with van der Waals surface area (Å²) in [7, 11) is 1.69. The Bertz CT molecular complexity index is 1910. The Labute approximate surface area is 319 Å². The van der Waals surface area contributed by atoms with Gasteiger partial charge in [0.2, 0.25) is 5.95 Å². The second kappa shape index (κ2) is 18.7. The maximum Gasteiger partial charge on any atom is 0.227 e. The summed E-state index contributed by atoms with van der Waals surface area (Å²) in [6, 6.07) is 17.6. The molecule has 13 heteroatoms. The summed E-state index contributed by atoms with van der Waals surface area (Å²) >= 11 is 4.38. The summed E-state index contributed by atoms with van der Waals surface area (Å²) in [5.74, 6) is 1.34. The number of rotatable bonds is 13. The lowest BCUT2D eigenvalue weighted by atomic mass is 10.1. The molecule has 0 radical (unpaired) electrons. The molecule has 1 aliphatic rings. The smallest absolute Gasteiger partial charge is 0.227 e. The van der Waals surface area contributed by atoms with E-state index < -0.39 is 11.6 Å². The molecule has 6 rings (SSSR count). The third-order valence-electron chi connectivity index (χ3n) is 8.50. The number of anilines is 4. The number of hydrogen-bond donors (Lipinski definition) is 2. The van der Waals surface area contributed by atoms with Gasteiger partial charge in [0.25, 0.3) is 0 Å². The van der Waals surface area contributed by atoms with Crippen molar-refractivity contribution >= 4 is 58.1 Å². The lowest BCUT2D eigenvalue weighted by Gasteiger charge is -2.37. The summed E-state index contributed by atoms with van der Waals surface area (Å²) in [6.45, 7) is 15.5. The highest BCUT2D eigenvalue weighted by Gasteiger charge is 2.22. The molecule has 8 nitrogen and oxygen atoms in total. The van der Waals surface area contributed by atoms with Crippen LogP contribution in [0.5, 0.6) is 5.75 Å². The zero-order valence-corrected chi connectivity index (χ0v) is 33.2. The monoisotopic (exact) mass is 763 g/mol. The van der Waals surface area contributed by atoms with Crippen LogP contribution in [0.15, 0.2) is 71.8 Å². The zero-order valence-electron chi connectivity index (χ0n) is 30.8. The fourth-order valence-corrected chi connectivity index (χ4v) is 8.04. The molecule has 0 aliphatic carbocycles. The van der Waals surface area contributed by atoms with Gasteiger partial charge in [-0.3, -0.25) is 4.90 Å². The minimum Gasteiger partial charge on any atom is -0.494 e. The van der Waals surface area contributed by atoms with Crippen LogP contribution in [0, 0.1) is 18.6 Å². The Kier molecular flexibility index (Phi) is 14.2. The van der Waals surface area contributed by atoms with Crippen LogP contribution in [0.2, 0.25) is 0 Å². The van der Waals surface area contributed by atoms with Crippen molar-refractivity contribution in [2.45, 2.75) is 45.4 Å². The van der Waals surface area contributed by atoms with Crippen LogP contribution in [0.25, 0.3) is 21.8 Å². The van der Waals surface area contributed by atoms with Gasteiger partial charge in [-0.15, -0.1) is 11.3 Å². The molecule has 1 saturated heterocycles. The van der Waals surface area contributed by atoms with E-state index in [0.29, 0.717) is 11.6 Å². The van der Waals surface area contributed by atoms with Gasteiger partial charge in [0.15, 0.2) is 0 Å². The number of halogens is 2. The second-order valence-corrected chi connectivity index (χ2v) is 15.1. The summed E-state index contributed by atoms with van der Waals surface area (Å²) < 4.78 is 37.5. The van der Waals surface area contributed by atoms with Crippen molar-refractivity contribution in [2.75, 3.05) is 66.8 Å². The van der Waals surface area contributed by atoms with Crippen molar-refractivity contribution in [3.8, 4) is 27.6 Å². The molecule has 5 aromatic rings. The van der Waals surface area contributed by atoms with Crippen molar-refractivity contribution in [1.29, 1.82) is 0 Å². The Morgan fingerprint density at radius 1 is 0.962 bits per heavy atom. The molecule has 0 amide bonds. The molecule has 2 N–H and O–H groups in total. The number of hydrogen-bond acceptors (Lipinski definition) is 11. The largest absolute Gasteiger partial charge is 0.494 e. The van der Waals surface area contributed by atoms with Crippen molar-refractivity contribution in [1.82, 2.24) is 19.9 Å². The molecular formula is C39H47F2N7OS3. The van der Waals surface area contributed by atoms with E-state index in [-0.39, 0.29) is 10.8 Å². The van der Waals surface area contributed by atoms with Gasteiger partial charge >= 0.3 is 0 Å². The average molecular weight is 764 g/mol. The first-order valence-corrected chi connectivity index (χ1v) is 20.5. The Balaban J connectivity index is 0.00000257. The highest BCUT2D eigenvalue weighted by molar-refractivity contribution is 8.00. The van der Waals surface area contributed by atoms with E-state index in [1.807, 2.05) is 62.0 Å². The van der Waals surface area contributed by atoms with Crippen LogP contribution >= 0.6 is 35.0 Å². The number of piperazine rings is 1. The van der Waals surface area contributed by atoms with Crippen LogP contribution in [-0.4, -0.2) is 71.7 Å². The van der Waals surface area contributed by atoms with Crippen LogP contribution in [0.1, 0.15) is 44.2 Å². The molecule has 0 saturated carbocycles. The molecule has 52 heavy (non-hydrogen) atoms. The predicted octanol–water partition coefficient (Wildman–Crippen LogP) is 10.4. The van der Waals surface area contributed by atoms with Crippen LogP contribution < -0.4 is 19.7 Å². The van der Waals surface area contributed by atoms with Gasteiger partial charge in [-0.1, -0.05) is 45.9 Å². The number of thioether (sulfide) groups is 1. The van der Waals surface area contributed by atoms with E-state index in [2.05, 4.69) is 57.9 Å². The predicted molar refractivity (Wildman–Crippen MR) is 218 cm³/mol. The molecule has 276 valence electrons. The van der Waals surface area contributed by atoms with E-state index >= 15 is 0 Å². The van der Waals surface area contributed by atoms with Crippen molar-refractivity contribution in [3.05, 3.63) is 89.1 Å². The first kappa shape index (κ1) is 39.3. The van der Waals surface area contributed by atoms with Crippen molar-refractivity contribution in [3.63, 3.8) is 0 Å². The third kappa shape index (κ3) is 9.35. The molecule has 1 aliphatic heterocycles. The average Bonchev–Trinajstić information content (AvgIpc) is 3.62. The summed E-state index contributed by atoms with van der Waals surface area (Å²) in [4.78, 5) is 20.3. The minimum absolute atomic E-state index is 0.0863. The first-order chi connectivity index (χ1) is 25.2. The number of nitrogens with one attached hydrogen (secondary N) is 2. The fourth-order valence-electron chi connectivity index (χ4n) is 5.86. The molecule has 0 unspecified atom stereocenters. The maximum absolute atomic E-state index is 14.2. The Morgan fingerprint density at radius 2 is 1.69 bits per heavy atom. The standard InChI is InChI=1S/C37H41F2N7OS3.C2H6/c1-23(2)36-43-32(25-8-6-9-26(22-25)44-50-34-27(38)10-7-11-28(34)39)35(49-36)30-14-15-40-37(42-30)41-29-12-13-31(24(3)33(29)47-4)46-18-16-45(17-19-46)20-21-48-5;1-2/h6-15,22-23,44H,16-21H2,1-5H3,(H,40,41,42);1-2H3. The number of ether oxygens (including phenoxy) is 1. The van der Waals surface area contributed by atoms with Gasteiger partial charge < -0.3 is 19.7 Å². The fraction of sp³-hybridized carbons (Fsp3) is 0.359. The molecule has 1 fully saturated rings. The lowest BCUT2D eigenvalue weighted by molar-refractivity contribution is 0.273. The molecule has 0 atom stereocenters. The van der Waals surface area contributed by atoms with Gasteiger partial charge in [-0.2, -0.15) is 11.8 Å².